The maximum atomic E-state index is 13.2. The lowest BCUT2D eigenvalue weighted by molar-refractivity contribution is -0.139. The smallest absolute Gasteiger partial charge is 0.295 e. The van der Waals surface area contributed by atoms with Crippen LogP contribution in [-0.4, -0.2) is 40.3 Å². The number of hydrogen-bond donors (Lipinski definition) is 2. The second-order valence-electron chi connectivity index (χ2n) is 8.19. The third-order valence-corrected chi connectivity index (χ3v) is 6.07. The summed E-state index contributed by atoms with van der Waals surface area (Å²) < 4.78 is 5.44. The maximum Gasteiger partial charge on any atom is 0.295 e. The number of aryl methyl sites for hydroxylation is 1. The predicted molar refractivity (Wildman–Crippen MR) is 125 cm³/mol. The molecule has 2 aromatic carbocycles. The number of amides is 1. The van der Waals surface area contributed by atoms with Gasteiger partial charge in [-0.15, -0.1) is 0 Å². The normalized spacial score (nSPS) is 18.0. The van der Waals surface area contributed by atoms with E-state index >= 15 is 0 Å². The van der Waals surface area contributed by atoms with Crippen LogP contribution in [0.1, 0.15) is 48.9 Å². The second-order valence-corrected chi connectivity index (χ2v) is 8.19. The number of rotatable bonds is 7. The van der Waals surface area contributed by atoms with Gasteiger partial charge in [-0.3, -0.25) is 9.59 Å². The molecule has 2 N–H and O–H groups in total. The number of aromatic amines is 1. The first-order valence-electron chi connectivity index (χ1n) is 11.0. The highest BCUT2D eigenvalue weighted by Gasteiger charge is 2.46. The first kappa shape index (κ1) is 21.7. The fourth-order valence-corrected chi connectivity index (χ4v) is 4.44. The topological polar surface area (TPSA) is 82.6 Å². The Kier molecular flexibility index (Phi) is 6.04. The van der Waals surface area contributed by atoms with Crippen molar-refractivity contribution in [2.45, 2.75) is 39.2 Å². The van der Waals surface area contributed by atoms with Gasteiger partial charge in [0.25, 0.3) is 11.7 Å². The molecule has 32 heavy (non-hydrogen) atoms. The molecule has 6 heteroatoms. The van der Waals surface area contributed by atoms with Crippen molar-refractivity contribution in [1.29, 1.82) is 0 Å². The van der Waals surface area contributed by atoms with E-state index in [-0.39, 0.29) is 11.3 Å². The lowest BCUT2D eigenvalue weighted by Crippen LogP contribution is -2.30. The SMILES string of the molecule is CCCCCN1C(=O)C(=O)/C(=C(/O)c2cc(C)ccc2OC)C1c1c[nH]c2ccccc12. The highest BCUT2D eigenvalue weighted by atomic mass is 16.5. The predicted octanol–water partition coefficient (Wildman–Crippen LogP) is 5.10. The molecule has 0 aliphatic carbocycles. The van der Waals surface area contributed by atoms with E-state index in [1.165, 1.54) is 7.11 Å². The third kappa shape index (κ3) is 3.66. The largest absolute Gasteiger partial charge is 0.507 e. The van der Waals surface area contributed by atoms with Crippen LogP contribution in [0.5, 0.6) is 5.75 Å². The maximum absolute atomic E-state index is 13.2. The second kappa shape index (κ2) is 8.91. The van der Waals surface area contributed by atoms with E-state index in [0.717, 1.165) is 41.3 Å². The monoisotopic (exact) mass is 432 g/mol. The first-order valence-corrected chi connectivity index (χ1v) is 11.0. The van der Waals surface area contributed by atoms with Crippen LogP contribution in [-0.2, 0) is 9.59 Å². The summed E-state index contributed by atoms with van der Waals surface area (Å²) in [6, 6.07) is 12.5. The van der Waals surface area contributed by atoms with Gasteiger partial charge < -0.3 is 19.7 Å². The quantitative estimate of drug-likeness (QED) is 0.236. The van der Waals surface area contributed by atoms with Gasteiger partial charge in [0.1, 0.15) is 11.5 Å². The number of hydrogen-bond acceptors (Lipinski definition) is 4. The number of nitrogens with zero attached hydrogens (tertiary/aromatic N) is 1. The molecule has 0 radical (unpaired) electrons. The van der Waals surface area contributed by atoms with Gasteiger partial charge >= 0.3 is 0 Å². The number of fused-ring (bicyclic) bond motifs is 1. The molecule has 0 bridgehead atoms. The lowest BCUT2D eigenvalue weighted by atomic mass is 9.94. The third-order valence-electron chi connectivity index (χ3n) is 6.07. The van der Waals surface area contributed by atoms with E-state index in [1.807, 2.05) is 43.5 Å². The molecule has 166 valence electrons. The van der Waals surface area contributed by atoms with E-state index in [4.69, 9.17) is 4.74 Å². The molecule has 4 rings (SSSR count). The summed E-state index contributed by atoms with van der Waals surface area (Å²) in [6.07, 6.45) is 4.57. The van der Waals surface area contributed by atoms with E-state index in [1.54, 1.807) is 17.0 Å². The average molecular weight is 433 g/mol. The Morgan fingerprint density at radius 3 is 2.69 bits per heavy atom. The Bertz CT molecular complexity index is 1210. The zero-order chi connectivity index (χ0) is 22.8. The van der Waals surface area contributed by atoms with Gasteiger partial charge in [-0.1, -0.05) is 49.6 Å². The van der Waals surface area contributed by atoms with Crippen molar-refractivity contribution in [3.05, 3.63) is 70.9 Å². The number of nitrogens with one attached hydrogen (secondary N) is 1. The van der Waals surface area contributed by atoms with Gasteiger partial charge in [0.05, 0.1) is 24.3 Å². The van der Waals surface area contributed by atoms with Crippen molar-refractivity contribution >= 4 is 28.4 Å². The van der Waals surface area contributed by atoms with Gasteiger partial charge in [-0.05, 0) is 31.5 Å². The number of unbranched alkanes of at least 4 members (excludes halogenated alkanes) is 2. The summed E-state index contributed by atoms with van der Waals surface area (Å²) in [5.41, 5.74) is 3.12. The van der Waals surface area contributed by atoms with Crippen molar-refractivity contribution < 1.29 is 19.4 Å². The van der Waals surface area contributed by atoms with Gasteiger partial charge in [-0.25, -0.2) is 0 Å². The molecule has 2 heterocycles. The van der Waals surface area contributed by atoms with Crippen molar-refractivity contribution in [3.8, 4) is 5.75 Å². The van der Waals surface area contributed by atoms with E-state index in [2.05, 4.69) is 11.9 Å². The number of H-pyrrole nitrogens is 1. The zero-order valence-corrected chi connectivity index (χ0v) is 18.6. The fourth-order valence-electron chi connectivity index (χ4n) is 4.44. The van der Waals surface area contributed by atoms with Crippen LogP contribution in [0.25, 0.3) is 16.7 Å². The van der Waals surface area contributed by atoms with Gasteiger partial charge in [0, 0.05) is 29.2 Å². The zero-order valence-electron chi connectivity index (χ0n) is 18.6. The highest BCUT2D eigenvalue weighted by molar-refractivity contribution is 6.46. The summed E-state index contributed by atoms with van der Waals surface area (Å²) in [5.74, 6) is -1.01. The van der Waals surface area contributed by atoms with Gasteiger partial charge in [0.2, 0.25) is 0 Å². The van der Waals surface area contributed by atoms with Crippen molar-refractivity contribution in [1.82, 2.24) is 9.88 Å². The van der Waals surface area contributed by atoms with Crippen LogP contribution in [0.2, 0.25) is 0 Å². The summed E-state index contributed by atoms with van der Waals surface area (Å²) in [7, 11) is 1.52. The highest BCUT2D eigenvalue weighted by Crippen LogP contribution is 2.43. The molecule has 1 atom stereocenters. The molecule has 0 saturated carbocycles. The molecule has 1 fully saturated rings. The number of ketones is 1. The summed E-state index contributed by atoms with van der Waals surface area (Å²) in [5, 5.41) is 12.3. The Morgan fingerprint density at radius 1 is 1.16 bits per heavy atom. The molecule has 1 saturated heterocycles. The number of aromatic nitrogens is 1. The molecular weight excluding hydrogens is 404 g/mol. The molecule has 1 amide bonds. The molecule has 6 nitrogen and oxygen atoms in total. The molecule has 3 aromatic rings. The fraction of sp³-hybridized carbons (Fsp3) is 0.308. The van der Waals surface area contributed by atoms with Crippen molar-refractivity contribution in [2.24, 2.45) is 0 Å². The number of benzene rings is 2. The molecule has 1 aromatic heterocycles. The Labute approximate surface area is 187 Å². The van der Waals surface area contributed by atoms with Gasteiger partial charge in [-0.2, -0.15) is 0 Å². The standard InChI is InChI=1S/C26H28N2O4/c1-4-5-8-13-28-23(19-15-27-20-10-7-6-9-17(19)20)22(25(30)26(28)31)24(29)18-14-16(2)11-12-21(18)32-3/h6-7,9-12,14-15,23,27,29H,4-5,8,13H2,1-3H3/b24-22+. The minimum absolute atomic E-state index is 0.0974. The number of carbonyl (C=O) groups excluding carboxylic acids is 2. The summed E-state index contributed by atoms with van der Waals surface area (Å²) in [6.45, 7) is 4.44. The van der Waals surface area contributed by atoms with E-state index in [0.29, 0.717) is 17.9 Å². The molecule has 1 unspecified atom stereocenters. The van der Waals surface area contributed by atoms with E-state index < -0.39 is 17.7 Å². The van der Waals surface area contributed by atoms with Gasteiger partial charge in [0.15, 0.2) is 0 Å². The summed E-state index contributed by atoms with van der Waals surface area (Å²) >= 11 is 0. The molecule has 0 spiro atoms. The van der Waals surface area contributed by atoms with Crippen LogP contribution in [0, 0.1) is 6.92 Å². The Balaban J connectivity index is 1.93. The molecule has 1 aliphatic heterocycles. The number of Topliss-reactive ketones (excluding diaryl/α,β-unsaturated/α-hetero) is 1. The number of aliphatic hydroxyl groups excluding tert-OH is 1. The number of para-hydroxylation sites is 1. The van der Waals surface area contributed by atoms with Crippen LogP contribution in [0.15, 0.2) is 54.2 Å². The minimum atomic E-state index is -0.673. The average Bonchev–Trinajstić information content (AvgIpc) is 3.33. The number of methoxy groups -OCH3 is 1. The molecule has 1 aliphatic rings. The molecular formula is C26H28N2O4. The van der Waals surface area contributed by atoms with Crippen LogP contribution in [0.4, 0.5) is 0 Å². The van der Waals surface area contributed by atoms with Crippen molar-refractivity contribution in [2.75, 3.05) is 13.7 Å². The number of ether oxygens (including phenoxy) is 1. The van der Waals surface area contributed by atoms with Crippen LogP contribution in [0.3, 0.4) is 0 Å². The first-order chi connectivity index (χ1) is 15.5. The lowest BCUT2D eigenvalue weighted by Gasteiger charge is -2.25. The number of carbonyl (C=O) groups is 2. The number of aliphatic hydroxyl groups is 1. The summed E-state index contributed by atoms with van der Waals surface area (Å²) in [4.78, 5) is 31.2. The Hall–Kier alpha value is -3.54. The Morgan fingerprint density at radius 2 is 1.94 bits per heavy atom. The van der Waals surface area contributed by atoms with Crippen LogP contribution >= 0.6 is 0 Å². The van der Waals surface area contributed by atoms with Crippen molar-refractivity contribution in [3.63, 3.8) is 0 Å². The minimum Gasteiger partial charge on any atom is -0.507 e. The van der Waals surface area contributed by atoms with E-state index in [9.17, 15) is 14.7 Å². The number of likely N-dealkylation sites (tertiary alicyclic amines) is 1. The van der Waals surface area contributed by atoms with Crippen LogP contribution < -0.4 is 4.74 Å².